The zero-order valence-electron chi connectivity index (χ0n) is 8.59. The molecule has 3 heteroatoms. The molecule has 1 aromatic heterocycles. The van der Waals surface area contributed by atoms with E-state index in [1.807, 2.05) is 19.2 Å². The van der Waals surface area contributed by atoms with E-state index in [1.165, 1.54) is 12.0 Å². The molecule has 1 aromatic rings. The molecule has 0 atom stereocenters. The van der Waals surface area contributed by atoms with Crippen LogP contribution in [0, 0.1) is 6.92 Å². The number of aromatic nitrogens is 1. The molecule has 1 saturated carbocycles. The van der Waals surface area contributed by atoms with Crippen LogP contribution >= 0.6 is 0 Å². The molecular formula is C11H17N3. The van der Waals surface area contributed by atoms with Gasteiger partial charge in [0, 0.05) is 18.3 Å². The third-order valence-electron chi connectivity index (χ3n) is 2.88. The maximum absolute atomic E-state index is 6.09. The molecule has 0 amide bonds. The zero-order chi connectivity index (χ0) is 10.0. The van der Waals surface area contributed by atoms with Gasteiger partial charge >= 0.3 is 0 Å². The van der Waals surface area contributed by atoms with E-state index >= 15 is 0 Å². The van der Waals surface area contributed by atoms with Crippen molar-refractivity contribution in [2.24, 2.45) is 5.73 Å². The van der Waals surface area contributed by atoms with E-state index < -0.39 is 0 Å². The molecule has 3 N–H and O–H groups in total. The average Bonchev–Trinajstić information content (AvgIpc) is 2.14. The molecule has 3 nitrogen and oxygen atoms in total. The SMILES string of the molecule is Cc1ccc(NCC2(N)CCC2)nc1. The lowest BCUT2D eigenvalue weighted by Crippen LogP contribution is -2.52. The monoisotopic (exact) mass is 191 g/mol. The molecule has 2 rings (SSSR count). The van der Waals surface area contributed by atoms with Crippen LogP contribution in [-0.2, 0) is 0 Å². The first kappa shape index (κ1) is 9.46. The Hall–Kier alpha value is -1.09. The van der Waals surface area contributed by atoms with Crippen molar-refractivity contribution in [3.63, 3.8) is 0 Å². The van der Waals surface area contributed by atoms with Gasteiger partial charge in [-0.2, -0.15) is 0 Å². The summed E-state index contributed by atoms with van der Waals surface area (Å²) in [5, 5.41) is 3.28. The Morgan fingerprint density at radius 1 is 1.50 bits per heavy atom. The molecule has 14 heavy (non-hydrogen) atoms. The standard InChI is InChI=1S/C11H17N3/c1-9-3-4-10(13-7-9)14-8-11(12)5-2-6-11/h3-4,7H,2,5-6,8,12H2,1H3,(H,13,14). The molecule has 0 unspecified atom stereocenters. The van der Waals surface area contributed by atoms with Gasteiger partial charge in [-0.25, -0.2) is 4.98 Å². The van der Waals surface area contributed by atoms with E-state index in [4.69, 9.17) is 5.73 Å². The van der Waals surface area contributed by atoms with Crippen molar-refractivity contribution < 1.29 is 0 Å². The third-order valence-corrected chi connectivity index (χ3v) is 2.88. The largest absolute Gasteiger partial charge is 0.368 e. The van der Waals surface area contributed by atoms with E-state index in [-0.39, 0.29) is 5.54 Å². The van der Waals surface area contributed by atoms with Crippen LogP contribution in [0.15, 0.2) is 18.3 Å². The van der Waals surface area contributed by atoms with Crippen molar-refractivity contribution in [3.8, 4) is 0 Å². The highest BCUT2D eigenvalue weighted by molar-refractivity contribution is 5.36. The number of nitrogens with one attached hydrogen (secondary N) is 1. The third kappa shape index (κ3) is 2.04. The van der Waals surface area contributed by atoms with E-state index in [9.17, 15) is 0 Å². The Bertz CT molecular complexity index is 301. The van der Waals surface area contributed by atoms with Crippen molar-refractivity contribution in [2.75, 3.05) is 11.9 Å². The summed E-state index contributed by atoms with van der Waals surface area (Å²) in [6.45, 7) is 2.87. The number of rotatable bonds is 3. The van der Waals surface area contributed by atoms with Crippen molar-refractivity contribution in [1.82, 2.24) is 4.98 Å². The van der Waals surface area contributed by atoms with Gasteiger partial charge in [0.05, 0.1) is 0 Å². The molecule has 0 spiro atoms. The lowest BCUT2D eigenvalue weighted by molar-refractivity contribution is 0.265. The Kier molecular flexibility index (Phi) is 2.42. The second-order valence-corrected chi connectivity index (χ2v) is 4.29. The summed E-state index contributed by atoms with van der Waals surface area (Å²) in [5.74, 6) is 0.923. The van der Waals surface area contributed by atoms with E-state index in [0.29, 0.717) is 0 Å². The molecular weight excluding hydrogens is 174 g/mol. The lowest BCUT2D eigenvalue weighted by atomic mass is 9.78. The van der Waals surface area contributed by atoms with Crippen LogP contribution in [0.5, 0.6) is 0 Å². The summed E-state index contributed by atoms with van der Waals surface area (Å²) < 4.78 is 0. The highest BCUT2D eigenvalue weighted by Gasteiger charge is 2.31. The molecule has 1 heterocycles. The molecule has 0 bridgehead atoms. The molecule has 1 aliphatic carbocycles. The number of nitrogens with zero attached hydrogens (tertiary/aromatic N) is 1. The van der Waals surface area contributed by atoms with Crippen LogP contribution in [0.1, 0.15) is 24.8 Å². The fourth-order valence-corrected chi connectivity index (χ4v) is 1.65. The molecule has 0 saturated heterocycles. The summed E-state index contributed by atoms with van der Waals surface area (Å²) >= 11 is 0. The Morgan fingerprint density at radius 3 is 2.79 bits per heavy atom. The highest BCUT2D eigenvalue weighted by atomic mass is 15.0. The summed E-state index contributed by atoms with van der Waals surface area (Å²) in [7, 11) is 0. The van der Waals surface area contributed by atoms with Crippen LogP contribution in [0.2, 0.25) is 0 Å². The fraction of sp³-hybridized carbons (Fsp3) is 0.545. The smallest absolute Gasteiger partial charge is 0.125 e. The second-order valence-electron chi connectivity index (χ2n) is 4.29. The molecule has 76 valence electrons. The van der Waals surface area contributed by atoms with Crippen LogP contribution in [0.3, 0.4) is 0 Å². The van der Waals surface area contributed by atoms with Crippen molar-refractivity contribution in [2.45, 2.75) is 31.7 Å². The quantitative estimate of drug-likeness (QED) is 0.764. The summed E-state index contributed by atoms with van der Waals surface area (Å²) in [4.78, 5) is 4.27. The number of hydrogen-bond acceptors (Lipinski definition) is 3. The number of aryl methyl sites for hydroxylation is 1. The van der Waals surface area contributed by atoms with Gasteiger partial charge in [0.1, 0.15) is 5.82 Å². The van der Waals surface area contributed by atoms with Crippen molar-refractivity contribution in [3.05, 3.63) is 23.9 Å². The Labute approximate surface area is 84.7 Å². The second kappa shape index (κ2) is 3.58. The first-order valence-electron chi connectivity index (χ1n) is 5.13. The maximum atomic E-state index is 6.09. The highest BCUT2D eigenvalue weighted by Crippen LogP contribution is 2.28. The van der Waals surface area contributed by atoms with E-state index in [0.717, 1.165) is 25.2 Å². The van der Waals surface area contributed by atoms with Crippen LogP contribution in [0.4, 0.5) is 5.82 Å². The van der Waals surface area contributed by atoms with Gasteiger partial charge in [0.2, 0.25) is 0 Å². The van der Waals surface area contributed by atoms with Gasteiger partial charge in [0.15, 0.2) is 0 Å². The molecule has 0 radical (unpaired) electrons. The minimum atomic E-state index is 0.0204. The number of anilines is 1. The normalized spacial score (nSPS) is 18.7. The summed E-state index contributed by atoms with van der Waals surface area (Å²) in [6, 6.07) is 4.05. The van der Waals surface area contributed by atoms with E-state index in [1.54, 1.807) is 0 Å². The molecule has 0 aliphatic heterocycles. The maximum Gasteiger partial charge on any atom is 0.125 e. The molecule has 1 aliphatic rings. The minimum Gasteiger partial charge on any atom is -0.368 e. The number of pyridine rings is 1. The Morgan fingerprint density at radius 2 is 2.29 bits per heavy atom. The fourth-order valence-electron chi connectivity index (χ4n) is 1.65. The molecule has 0 aromatic carbocycles. The number of nitrogens with two attached hydrogens (primary N) is 1. The first-order valence-corrected chi connectivity index (χ1v) is 5.13. The predicted molar refractivity (Wildman–Crippen MR) is 58.2 cm³/mol. The van der Waals surface area contributed by atoms with Gasteiger partial charge in [0.25, 0.3) is 0 Å². The summed E-state index contributed by atoms with van der Waals surface area (Å²) in [5.41, 5.74) is 7.29. The van der Waals surface area contributed by atoms with Gasteiger partial charge in [-0.15, -0.1) is 0 Å². The lowest BCUT2D eigenvalue weighted by Gasteiger charge is -2.38. The first-order chi connectivity index (χ1) is 6.68. The summed E-state index contributed by atoms with van der Waals surface area (Å²) in [6.07, 6.45) is 5.39. The van der Waals surface area contributed by atoms with Crippen molar-refractivity contribution >= 4 is 5.82 Å². The zero-order valence-corrected chi connectivity index (χ0v) is 8.59. The van der Waals surface area contributed by atoms with Crippen molar-refractivity contribution in [1.29, 1.82) is 0 Å². The molecule has 1 fully saturated rings. The number of hydrogen-bond donors (Lipinski definition) is 2. The topological polar surface area (TPSA) is 50.9 Å². The van der Waals surface area contributed by atoms with Gasteiger partial charge < -0.3 is 11.1 Å². The van der Waals surface area contributed by atoms with Crippen LogP contribution in [-0.4, -0.2) is 17.1 Å². The van der Waals surface area contributed by atoms with E-state index in [2.05, 4.69) is 16.4 Å². The van der Waals surface area contributed by atoms with Gasteiger partial charge in [-0.3, -0.25) is 0 Å². The Balaban J connectivity index is 1.88. The predicted octanol–water partition coefficient (Wildman–Crippen LogP) is 1.68. The average molecular weight is 191 g/mol. The minimum absolute atomic E-state index is 0.0204. The van der Waals surface area contributed by atoms with Gasteiger partial charge in [-0.1, -0.05) is 6.07 Å². The van der Waals surface area contributed by atoms with Gasteiger partial charge in [-0.05, 0) is 37.8 Å². The van der Waals surface area contributed by atoms with Crippen LogP contribution in [0.25, 0.3) is 0 Å². The van der Waals surface area contributed by atoms with Crippen LogP contribution < -0.4 is 11.1 Å².